The van der Waals surface area contributed by atoms with Gasteiger partial charge in [-0.1, -0.05) is 6.92 Å². The number of carbonyl (C=O) groups is 1. The molecule has 1 fully saturated rings. The lowest BCUT2D eigenvalue weighted by molar-refractivity contribution is -0.162. The zero-order chi connectivity index (χ0) is 23.6. The SMILES string of the molecule is CC[C@@H]1C[C@H](NCc2cc(C(F)(F)F)cc(C(F)(F)F)c2)CN1C(=O)OCC(F)(F)F. The molecule has 0 aromatic heterocycles. The molecule has 0 aliphatic carbocycles. The van der Waals surface area contributed by atoms with Crippen molar-refractivity contribution in [2.75, 3.05) is 13.2 Å². The van der Waals surface area contributed by atoms with Crippen LogP contribution in [0.4, 0.5) is 44.3 Å². The van der Waals surface area contributed by atoms with E-state index < -0.39 is 54.4 Å². The highest BCUT2D eigenvalue weighted by Gasteiger charge is 2.39. The number of rotatable bonds is 5. The topological polar surface area (TPSA) is 41.6 Å². The van der Waals surface area contributed by atoms with E-state index >= 15 is 0 Å². The predicted octanol–water partition coefficient (Wildman–Crippen LogP) is 5.37. The van der Waals surface area contributed by atoms with Crippen molar-refractivity contribution >= 4 is 6.09 Å². The van der Waals surface area contributed by atoms with Crippen molar-refractivity contribution < 1.29 is 49.0 Å². The van der Waals surface area contributed by atoms with Gasteiger partial charge in [-0.2, -0.15) is 39.5 Å². The Morgan fingerprint density at radius 1 is 1.03 bits per heavy atom. The Balaban J connectivity index is 2.08. The standard InChI is InChI=1S/C18H19F9N2O2/c1-2-14-6-13(8-29(14)15(30)31-9-16(19,20)21)28-7-10-3-11(17(22,23)24)5-12(4-10)18(25,26)27/h3-5,13-14,28H,2,6-9H2,1H3/t13-,14+/m0/s1. The first-order chi connectivity index (χ1) is 14.1. The monoisotopic (exact) mass is 466 g/mol. The summed E-state index contributed by atoms with van der Waals surface area (Å²) in [5.41, 5.74) is -3.17. The third-order valence-corrected chi connectivity index (χ3v) is 4.72. The molecule has 0 bridgehead atoms. The number of hydrogen-bond donors (Lipinski definition) is 1. The zero-order valence-electron chi connectivity index (χ0n) is 16.1. The first kappa shape index (κ1) is 25.1. The largest absolute Gasteiger partial charge is 0.440 e. The van der Waals surface area contributed by atoms with Crippen LogP contribution < -0.4 is 5.32 Å². The number of hydrogen-bond acceptors (Lipinski definition) is 3. The molecule has 0 radical (unpaired) electrons. The zero-order valence-corrected chi connectivity index (χ0v) is 16.1. The summed E-state index contributed by atoms with van der Waals surface area (Å²) in [5.74, 6) is 0. The molecule has 1 amide bonds. The van der Waals surface area contributed by atoms with E-state index in [1.54, 1.807) is 6.92 Å². The third kappa shape index (κ3) is 7.18. The maximum absolute atomic E-state index is 12.9. The molecule has 0 spiro atoms. The van der Waals surface area contributed by atoms with Gasteiger partial charge in [0.25, 0.3) is 0 Å². The third-order valence-electron chi connectivity index (χ3n) is 4.72. The second-order valence-electron chi connectivity index (χ2n) is 7.11. The summed E-state index contributed by atoms with van der Waals surface area (Å²) < 4.78 is 119. The Labute approximate surface area is 171 Å². The molecule has 1 aromatic rings. The van der Waals surface area contributed by atoms with Crippen molar-refractivity contribution in [3.8, 4) is 0 Å². The molecule has 13 heteroatoms. The average Bonchev–Trinajstić information content (AvgIpc) is 3.05. The molecule has 4 nitrogen and oxygen atoms in total. The second kappa shape index (κ2) is 9.13. The van der Waals surface area contributed by atoms with Gasteiger partial charge in [-0.25, -0.2) is 4.79 Å². The fraction of sp³-hybridized carbons (Fsp3) is 0.611. The molecule has 2 atom stereocenters. The van der Waals surface area contributed by atoms with Gasteiger partial charge in [-0.05, 0) is 36.6 Å². The molecule has 1 aromatic carbocycles. The Kier molecular flexibility index (Phi) is 7.39. The molecule has 0 unspecified atom stereocenters. The van der Waals surface area contributed by atoms with Gasteiger partial charge in [0, 0.05) is 25.2 Å². The minimum absolute atomic E-state index is 0.0184. The molecule has 1 heterocycles. The Bertz CT molecular complexity index is 743. The van der Waals surface area contributed by atoms with Gasteiger partial charge < -0.3 is 15.0 Å². The lowest BCUT2D eigenvalue weighted by Gasteiger charge is -2.23. The molecule has 176 valence electrons. The van der Waals surface area contributed by atoms with E-state index in [0.717, 1.165) is 4.90 Å². The lowest BCUT2D eigenvalue weighted by Crippen LogP contribution is -2.39. The van der Waals surface area contributed by atoms with Gasteiger partial charge >= 0.3 is 24.6 Å². The summed E-state index contributed by atoms with van der Waals surface area (Å²) >= 11 is 0. The van der Waals surface area contributed by atoms with E-state index in [9.17, 15) is 44.3 Å². The number of amides is 1. The van der Waals surface area contributed by atoms with Crippen LogP contribution in [0.5, 0.6) is 0 Å². The smallest absolute Gasteiger partial charge is 0.422 e. The first-order valence-corrected chi connectivity index (χ1v) is 9.12. The first-order valence-electron chi connectivity index (χ1n) is 9.12. The number of carbonyl (C=O) groups excluding carboxylic acids is 1. The number of alkyl halides is 9. The van der Waals surface area contributed by atoms with Crippen molar-refractivity contribution in [1.29, 1.82) is 0 Å². The van der Waals surface area contributed by atoms with Gasteiger partial charge in [0.1, 0.15) is 0 Å². The van der Waals surface area contributed by atoms with E-state index in [4.69, 9.17) is 0 Å². The minimum atomic E-state index is -4.98. The summed E-state index contributed by atoms with van der Waals surface area (Å²) in [6, 6.07) is 0.163. The Morgan fingerprint density at radius 3 is 2.03 bits per heavy atom. The number of ether oxygens (including phenoxy) is 1. The van der Waals surface area contributed by atoms with Crippen molar-refractivity contribution in [2.24, 2.45) is 0 Å². The van der Waals surface area contributed by atoms with Gasteiger partial charge in [0.05, 0.1) is 11.1 Å². The van der Waals surface area contributed by atoms with Crippen LogP contribution in [0, 0.1) is 0 Å². The van der Waals surface area contributed by atoms with Crippen LogP contribution >= 0.6 is 0 Å². The average molecular weight is 466 g/mol. The van der Waals surface area contributed by atoms with E-state index in [1.807, 2.05) is 0 Å². The predicted molar refractivity (Wildman–Crippen MR) is 89.9 cm³/mol. The number of nitrogens with one attached hydrogen (secondary N) is 1. The molecular formula is C18H19F9N2O2. The molecule has 0 saturated carbocycles. The van der Waals surface area contributed by atoms with E-state index in [-0.39, 0.29) is 31.1 Å². The summed E-state index contributed by atoms with van der Waals surface area (Å²) in [6.07, 6.45) is -15.2. The Hall–Kier alpha value is -2.18. The fourth-order valence-corrected chi connectivity index (χ4v) is 3.29. The van der Waals surface area contributed by atoms with Crippen LogP contribution in [0.25, 0.3) is 0 Å². The summed E-state index contributed by atoms with van der Waals surface area (Å²) in [6.45, 7) is -0.541. The van der Waals surface area contributed by atoms with Gasteiger partial charge in [-0.3, -0.25) is 0 Å². The van der Waals surface area contributed by atoms with Gasteiger partial charge in [-0.15, -0.1) is 0 Å². The Morgan fingerprint density at radius 2 is 1.58 bits per heavy atom. The van der Waals surface area contributed by atoms with E-state index in [1.165, 1.54) is 0 Å². The summed E-state index contributed by atoms with van der Waals surface area (Å²) in [7, 11) is 0. The van der Waals surface area contributed by atoms with Crippen LogP contribution in [0.1, 0.15) is 36.5 Å². The molecule has 1 aliphatic rings. The highest BCUT2D eigenvalue weighted by atomic mass is 19.4. The fourth-order valence-electron chi connectivity index (χ4n) is 3.29. The molecule has 1 saturated heterocycles. The van der Waals surface area contributed by atoms with Crippen LogP contribution in [0.3, 0.4) is 0 Å². The maximum atomic E-state index is 12.9. The second-order valence-corrected chi connectivity index (χ2v) is 7.11. The number of nitrogens with zero attached hydrogens (tertiary/aromatic N) is 1. The van der Waals surface area contributed by atoms with E-state index in [0.29, 0.717) is 18.6 Å². The molecular weight excluding hydrogens is 447 g/mol. The van der Waals surface area contributed by atoms with Crippen molar-refractivity contribution in [1.82, 2.24) is 10.2 Å². The molecule has 31 heavy (non-hydrogen) atoms. The summed E-state index contributed by atoms with van der Waals surface area (Å²) in [5, 5.41) is 2.77. The minimum Gasteiger partial charge on any atom is -0.440 e. The van der Waals surface area contributed by atoms with Crippen LogP contribution in [0.2, 0.25) is 0 Å². The van der Waals surface area contributed by atoms with Crippen LogP contribution in [-0.2, 0) is 23.6 Å². The normalized spacial score (nSPS) is 20.3. The van der Waals surface area contributed by atoms with Gasteiger partial charge in [0.15, 0.2) is 6.61 Å². The number of likely N-dealkylation sites (tertiary alicyclic amines) is 1. The number of benzene rings is 1. The lowest BCUT2D eigenvalue weighted by atomic mass is 10.0. The van der Waals surface area contributed by atoms with Gasteiger partial charge in [0.2, 0.25) is 0 Å². The van der Waals surface area contributed by atoms with Crippen LogP contribution in [0.15, 0.2) is 18.2 Å². The number of halogens is 9. The molecule has 1 aliphatic heterocycles. The van der Waals surface area contributed by atoms with Crippen molar-refractivity contribution in [3.05, 3.63) is 34.9 Å². The maximum Gasteiger partial charge on any atom is 0.422 e. The van der Waals surface area contributed by atoms with Crippen molar-refractivity contribution in [3.63, 3.8) is 0 Å². The highest BCUT2D eigenvalue weighted by Crippen LogP contribution is 2.36. The van der Waals surface area contributed by atoms with Crippen molar-refractivity contribution in [2.45, 2.75) is 56.9 Å². The van der Waals surface area contributed by atoms with Crippen LogP contribution in [-0.4, -0.2) is 42.4 Å². The van der Waals surface area contributed by atoms with E-state index in [2.05, 4.69) is 10.1 Å². The highest BCUT2D eigenvalue weighted by molar-refractivity contribution is 5.68. The molecule has 2 rings (SSSR count). The molecule has 1 N–H and O–H groups in total. The quantitative estimate of drug-likeness (QED) is 0.594. The summed E-state index contributed by atoms with van der Waals surface area (Å²) in [4.78, 5) is 13.0.